The number of hydrogen-bond donors (Lipinski definition) is 4. The monoisotopic (exact) mass is 445 g/mol. The van der Waals surface area contributed by atoms with Gasteiger partial charge in [0.15, 0.2) is 11.5 Å². The number of carbonyl (C=O) groups excluding carboxylic acids is 1. The van der Waals surface area contributed by atoms with Crippen molar-refractivity contribution in [3.63, 3.8) is 0 Å². The number of rotatable bonds is 4. The number of halogens is 1. The van der Waals surface area contributed by atoms with Gasteiger partial charge in [-0.25, -0.2) is 9.37 Å². The van der Waals surface area contributed by atoms with E-state index in [2.05, 4.69) is 20.3 Å². The smallest absolute Gasteiger partial charge is 0.277 e. The van der Waals surface area contributed by atoms with E-state index in [0.29, 0.717) is 5.69 Å². The lowest BCUT2D eigenvalue weighted by Gasteiger charge is -2.24. The van der Waals surface area contributed by atoms with Crippen molar-refractivity contribution in [2.45, 2.75) is 25.3 Å². The molecular formula is C20H24FN7O2S. The lowest BCUT2D eigenvalue weighted by atomic mass is 10.1. The maximum atomic E-state index is 13.6. The summed E-state index contributed by atoms with van der Waals surface area (Å²) in [5.41, 5.74) is 12.8. The number of amides is 1. The number of benzene rings is 1. The van der Waals surface area contributed by atoms with Crippen LogP contribution in [-0.2, 0) is 7.05 Å². The molecule has 0 radical (unpaired) electrons. The Balaban J connectivity index is 1.59. The number of hydrogen-bond acceptors (Lipinski definition) is 8. The average Bonchev–Trinajstić information content (AvgIpc) is 3.21. The molecule has 1 fully saturated rings. The number of aromatic nitrogens is 3. The van der Waals surface area contributed by atoms with Gasteiger partial charge in [-0.15, -0.1) is 0 Å². The SMILES string of the molecule is Cn1ncc(NC(=O)c2nc(-c3cc(F)ccc3O)sc2N)c1N1CCC[C@@H](N)CC1. The highest BCUT2D eigenvalue weighted by Gasteiger charge is 2.24. The van der Waals surface area contributed by atoms with E-state index in [9.17, 15) is 14.3 Å². The average molecular weight is 446 g/mol. The quantitative estimate of drug-likeness (QED) is 0.485. The third kappa shape index (κ3) is 4.32. The van der Waals surface area contributed by atoms with E-state index in [1.807, 2.05) is 7.05 Å². The molecule has 0 bridgehead atoms. The zero-order valence-corrected chi connectivity index (χ0v) is 17.8. The first-order valence-electron chi connectivity index (χ1n) is 9.92. The Labute approximate surface area is 182 Å². The molecule has 164 valence electrons. The van der Waals surface area contributed by atoms with Crippen LogP contribution in [0.3, 0.4) is 0 Å². The molecule has 1 aliphatic heterocycles. The van der Waals surface area contributed by atoms with Crippen LogP contribution in [0.4, 0.5) is 20.9 Å². The standard InChI is InChI=1S/C20H24FN7O2S/c1-27-20(28-7-2-3-12(22)6-8-28)14(10-24-27)25-18(30)16-17(23)31-19(26-16)13-9-11(21)4-5-15(13)29/h4-5,9-10,12,29H,2-3,6-8,22-23H2,1H3,(H,25,30)/t12-/m1/s1. The van der Waals surface area contributed by atoms with Crippen LogP contribution < -0.4 is 21.7 Å². The second kappa shape index (κ2) is 8.52. The zero-order chi connectivity index (χ0) is 22.1. The highest BCUT2D eigenvalue weighted by molar-refractivity contribution is 7.19. The number of aryl methyl sites for hydroxylation is 1. The number of nitrogens with zero attached hydrogens (tertiary/aromatic N) is 4. The minimum Gasteiger partial charge on any atom is -0.507 e. The summed E-state index contributed by atoms with van der Waals surface area (Å²) in [5, 5.41) is 17.6. The fourth-order valence-corrected chi connectivity index (χ4v) is 4.55. The van der Waals surface area contributed by atoms with Crippen LogP contribution in [0.5, 0.6) is 5.75 Å². The summed E-state index contributed by atoms with van der Waals surface area (Å²) in [7, 11) is 1.82. The summed E-state index contributed by atoms with van der Waals surface area (Å²) in [6.45, 7) is 1.59. The van der Waals surface area contributed by atoms with Crippen molar-refractivity contribution in [1.29, 1.82) is 0 Å². The molecular weight excluding hydrogens is 421 g/mol. The minimum atomic E-state index is -0.523. The van der Waals surface area contributed by atoms with Gasteiger partial charge in [0.05, 0.1) is 11.8 Å². The number of aromatic hydroxyl groups is 1. The van der Waals surface area contributed by atoms with E-state index in [1.165, 1.54) is 6.07 Å². The molecule has 3 heterocycles. The number of phenolic OH excluding ortho intramolecular Hbond substituents is 1. The van der Waals surface area contributed by atoms with E-state index in [4.69, 9.17) is 11.5 Å². The summed E-state index contributed by atoms with van der Waals surface area (Å²) in [6.07, 6.45) is 4.36. The van der Waals surface area contributed by atoms with Crippen LogP contribution in [-0.4, -0.2) is 44.9 Å². The lowest BCUT2D eigenvalue weighted by molar-refractivity contribution is 0.102. The van der Waals surface area contributed by atoms with Gasteiger partial charge in [-0.05, 0) is 37.5 Å². The van der Waals surface area contributed by atoms with Gasteiger partial charge in [-0.1, -0.05) is 11.3 Å². The van der Waals surface area contributed by atoms with Crippen LogP contribution in [0.2, 0.25) is 0 Å². The van der Waals surface area contributed by atoms with Gasteiger partial charge in [0.1, 0.15) is 27.3 Å². The van der Waals surface area contributed by atoms with Crippen molar-refractivity contribution in [3.8, 4) is 16.3 Å². The van der Waals surface area contributed by atoms with Gasteiger partial charge in [0, 0.05) is 26.2 Å². The predicted octanol–water partition coefficient (Wildman–Crippen LogP) is 2.54. The molecule has 0 saturated carbocycles. The van der Waals surface area contributed by atoms with Crippen LogP contribution in [0.25, 0.3) is 10.6 Å². The third-order valence-corrected chi connectivity index (χ3v) is 6.20. The highest BCUT2D eigenvalue weighted by Crippen LogP contribution is 2.36. The Morgan fingerprint density at radius 1 is 1.35 bits per heavy atom. The summed E-state index contributed by atoms with van der Waals surface area (Å²) < 4.78 is 15.3. The first kappa shape index (κ1) is 21.1. The molecule has 1 amide bonds. The molecule has 31 heavy (non-hydrogen) atoms. The number of anilines is 3. The van der Waals surface area contributed by atoms with Gasteiger partial charge in [0.2, 0.25) is 0 Å². The largest absolute Gasteiger partial charge is 0.507 e. The molecule has 6 N–H and O–H groups in total. The minimum absolute atomic E-state index is 0.0105. The maximum absolute atomic E-state index is 13.6. The fraction of sp³-hybridized carbons (Fsp3) is 0.350. The summed E-state index contributed by atoms with van der Waals surface area (Å²) in [4.78, 5) is 19.3. The van der Waals surface area contributed by atoms with Crippen molar-refractivity contribution in [2.75, 3.05) is 29.0 Å². The molecule has 1 atom stereocenters. The summed E-state index contributed by atoms with van der Waals surface area (Å²) in [5.74, 6) is -0.378. The van der Waals surface area contributed by atoms with E-state index in [0.717, 1.165) is 61.6 Å². The van der Waals surface area contributed by atoms with Gasteiger partial charge < -0.3 is 26.8 Å². The second-order valence-corrected chi connectivity index (χ2v) is 8.56. The molecule has 4 rings (SSSR count). The van der Waals surface area contributed by atoms with Crippen molar-refractivity contribution < 1.29 is 14.3 Å². The van der Waals surface area contributed by atoms with Gasteiger partial charge in [-0.2, -0.15) is 5.10 Å². The second-order valence-electron chi connectivity index (χ2n) is 7.53. The predicted molar refractivity (Wildman–Crippen MR) is 119 cm³/mol. The van der Waals surface area contributed by atoms with Gasteiger partial charge in [-0.3, -0.25) is 9.48 Å². The number of nitrogen functional groups attached to an aromatic ring is 1. The zero-order valence-electron chi connectivity index (χ0n) is 17.0. The Hall–Kier alpha value is -3.18. The van der Waals surface area contributed by atoms with Crippen LogP contribution in [0.1, 0.15) is 29.8 Å². The maximum Gasteiger partial charge on any atom is 0.277 e. The molecule has 3 aromatic rings. The molecule has 0 spiro atoms. The van der Waals surface area contributed by atoms with E-state index in [1.54, 1.807) is 10.9 Å². The Bertz CT molecular complexity index is 1110. The highest BCUT2D eigenvalue weighted by atomic mass is 32.1. The van der Waals surface area contributed by atoms with E-state index in [-0.39, 0.29) is 33.1 Å². The van der Waals surface area contributed by atoms with Gasteiger partial charge >= 0.3 is 0 Å². The molecule has 1 aliphatic rings. The molecule has 11 heteroatoms. The molecule has 0 aliphatic carbocycles. The molecule has 2 aromatic heterocycles. The summed E-state index contributed by atoms with van der Waals surface area (Å²) >= 11 is 1.00. The normalized spacial score (nSPS) is 16.9. The molecule has 1 aromatic carbocycles. The molecule has 0 unspecified atom stereocenters. The fourth-order valence-electron chi connectivity index (χ4n) is 3.70. The van der Waals surface area contributed by atoms with Crippen molar-refractivity contribution in [2.24, 2.45) is 12.8 Å². The Morgan fingerprint density at radius 2 is 2.16 bits per heavy atom. The number of nitrogens with one attached hydrogen (secondary N) is 1. The number of phenols is 1. The lowest BCUT2D eigenvalue weighted by Crippen LogP contribution is -2.29. The molecule has 1 saturated heterocycles. The number of nitrogens with two attached hydrogens (primary N) is 2. The van der Waals surface area contributed by atoms with E-state index >= 15 is 0 Å². The Kier molecular flexibility index (Phi) is 5.79. The first-order chi connectivity index (χ1) is 14.8. The third-order valence-electron chi connectivity index (χ3n) is 5.29. The van der Waals surface area contributed by atoms with Crippen molar-refractivity contribution in [1.82, 2.24) is 14.8 Å². The van der Waals surface area contributed by atoms with Crippen LogP contribution >= 0.6 is 11.3 Å². The van der Waals surface area contributed by atoms with Crippen LogP contribution in [0, 0.1) is 5.82 Å². The van der Waals surface area contributed by atoms with Crippen molar-refractivity contribution in [3.05, 3.63) is 35.9 Å². The topological polar surface area (TPSA) is 135 Å². The van der Waals surface area contributed by atoms with Crippen LogP contribution in [0.15, 0.2) is 24.4 Å². The van der Waals surface area contributed by atoms with Crippen molar-refractivity contribution >= 4 is 33.8 Å². The Morgan fingerprint density at radius 3 is 2.97 bits per heavy atom. The number of carbonyl (C=O) groups is 1. The van der Waals surface area contributed by atoms with Gasteiger partial charge in [0.25, 0.3) is 5.91 Å². The van der Waals surface area contributed by atoms with E-state index < -0.39 is 11.7 Å². The number of thiazole rings is 1. The molecule has 9 nitrogen and oxygen atoms in total. The first-order valence-corrected chi connectivity index (χ1v) is 10.7. The summed E-state index contributed by atoms with van der Waals surface area (Å²) in [6, 6.07) is 3.70.